The highest BCUT2D eigenvalue weighted by Gasteiger charge is 2.33. The molecule has 15 nitrogen and oxygen atoms in total. The normalized spacial score (nSPS) is 20.2. The van der Waals surface area contributed by atoms with Crippen LogP contribution in [0.25, 0.3) is 0 Å². The number of urea groups is 1. The van der Waals surface area contributed by atoms with Crippen molar-refractivity contribution in [2.45, 2.75) is 6.10 Å². The van der Waals surface area contributed by atoms with E-state index in [1.807, 2.05) is 24.3 Å². The van der Waals surface area contributed by atoms with Gasteiger partial charge in [0.15, 0.2) is 0 Å². The fourth-order valence-electron chi connectivity index (χ4n) is 4.97. The van der Waals surface area contributed by atoms with E-state index in [-0.39, 0.29) is 43.7 Å². The zero-order valence-corrected chi connectivity index (χ0v) is 24.2. The fourth-order valence-corrected chi connectivity index (χ4v) is 4.97. The summed E-state index contributed by atoms with van der Waals surface area (Å²) in [5.41, 5.74) is 3.05. The van der Waals surface area contributed by atoms with E-state index >= 15 is 0 Å². The highest BCUT2D eigenvalue weighted by Crippen LogP contribution is 2.26. The SMILES string of the molecule is CNC(=O)NC[C@H]1CN(c2ccc(N3CCOCC3=O)cc2)C(=O)O1.O=C1COCCN1c1ccc(N2CCOC2=O)cc1. The smallest absolute Gasteiger partial charge is 0.414 e. The number of benzene rings is 2. The molecule has 4 saturated heterocycles. The molecular weight excluding hydrogens is 576 g/mol. The van der Waals surface area contributed by atoms with E-state index < -0.39 is 12.2 Å². The van der Waals surface area contributed by atoms with Gasteiger partial charge < -0.3 is 39.4 Å². The predicted octanol–water partition coefficient (Wildman–Crippen LogP) is 1.31. The third kappa shape index (κ3) is 7.18. The maximum atomic E-state index is 12.0. The van der Waals surface area contributed by atoms with Crippen molar-refractivity contribution in [2.75, 3.05) is 92.4 Å². The van der Waals surface area contributed by atoms with E-state index in [0.29, 0.717) is 51.7 Å². The van der Waals surface area contributed by atoms with Crippen molar-refractivity contribution in [3.63, 3.8) is 0 Å². The van der Waals surface area contributed by atoms with Gasteiger partial charge in [0.2, 0.25) is 0 Å². The molecule has 234 valence electrons. The highest BCUT2D eigenvalue weighted by atomic mass is 16.6. The van der Waals surface area contributed by atoms with Crippen molar-refractivity contribution in [2.24, 2.45) is 0 Å². The molecule has 4 aliphatic heterocycles. The Morgan fingerprint density at radius 1 is 0.705 bits per heavy atom. The summed E-state index contributed by atoms with van der Waals surface area (Å²) in [5.74, 6) is -0.125. The number of rotatable bonds is 6. The summed E-state index contributed by atoms with van der Waals surface area (Å²) in [5, 5.41) is 5.05. The Hall–Kier alpha value is -4.89. The van der Waals surface area contributed by atoms with Gasteiger partial charge in [-0.05, 0) is 48.5 Å². The maximum Gasteiger partial charge on any atom is 0.414 e. The molecule has 15 heteroatoms. The fraction of sp³-hybridized carbons (Fsp3) is 0.414. The molecule has 0 radical (unpaired) electrons. The first kappa shape index (κ1) is 30.6. The summed E-state index contributed by atoms with van der Waals surface area (Å²) in [7, 11) is 1.52. The standard InChI is InChI=1S/C16H20N4O5.C13H14N2O4/c1-17-15(22)18-8-13-9-20(16(23)25-13)12-4-2-11(3-5-12)19-6-7-24-10-14(19)21;16-12-9-18-7-5-14(12)10-1-3-11(4-2-10)15-6-8-19-13(15)17/h2-5,13H,6-10H2,1H3,(H2,17,18,22);1-4H,5-9H2/t13-;/m0./s1. The van der Waals surface area contributed by atoms with Crippen molar-refractivity contribution >= 4 is 52.8 Å². The summed E-state index contributed by atoms with van der Waals surface area (Å²) >= 11 is 0. The van der Waals surface area contributed by atoms with Crippen LogP contribution in [0.4, 0.5) is 37.1 Å². The number of hydrogen-bond donors (Lipinski definition) is 2. The maximum absolute atomic E-state index is 12.0. The monoisotopic (exact) mass is 610 g/mol. The summed E-state index contributed by atoms with van der Waals surface area (Å²) in [6.45, 7) is 3.90. The van der Waals surface area contributed by atoms with E-state index in [4.69, 9.17) is 18.9 Å². The van der Waals surface area contributed by atoms with Crippen molar-refractivity contribution in [3.05, 3.63) is 48.5 Å². The molecule has 4 aliphatic rings. The van der Waals surface area contributed by atoms with Gasteiger partial charge in [0.1, 0.15) is 25.9 Å². The lowest BCUT2D eigenvalue weighted by Crippen LogP contribution is -2.41. The molecule has 4 fully saturated rings. The number of morpholine rings is 2. The van der Waals surface area contributed by atoms with Crippen LogP contribution in [0.15, 0.2) is 48.5 Å². The zero-order valence-electron chi connectivity index (χ0n) is 24.2. The van der Waals surface area contributed by atoms with E-state index in [0.717, 1.165) is 17.1 Å². The van der Waals surface area contributed by atoms with Crippen LogP contribution < -0.4 is 30.2 Å². The largest absolute Gasteiger partial charge is 0.447 e. The first-order valence-corrected chi connectivity index (χ1v) is 14.2. The van der Waals surface area contributed by atoms with Crippen molar-refractivity contribution in [3.8, 4) is 0 Å². The first-order chi connectivity index (χ1) is 21.3. The lowest BCUT2D eigenvalue weighted by molar-refractivity contribution is -0.126. The molecular formula is C29H34N6O9. The number of anilines is 4. The van der Waals surface area contributed by atoms with Gasteiger partial charge in [-0.1, -0.05) is 0 Å². The quantitative estimate of drug-likeness (QED) is 0.492. The highest BCUT2D eigenvalue weighted by molar-refractivity contribution is 5.96. The lowest BCUT2D eigenvalue weighted by Gasteiger charge is -2.27. The Labute approximate surface area is 253 Å². The van der Waals surface area contributed by atoms with Crippen LogP contribution in [-0.4, -0.2) is 109 Å². The van der Waals surface area contributed by atoms with Gasteiger partial charge in [0, 0.05) is 42.9 Å². The Bertz CT molecular complexity index is 1370. The molecule has 0 aromatic heterocycles. The van der Waals surface area contributed by atoms with Gasteiger partial charge in [-0.15, -0.1) is 0 Å². The molecule has 0 unspecified atom stereocenters. The van der Waals surface area contributed by atoms with Gasteiger partial charge in [-0.3, -0.25) is 19.4 Å². The van der Waals surface area contributed by atoms with Crippen LogP contribution in [0.1, 0.15) is 0 Å². The van der Waals surface area contributed by atoms with E-state index in [9.17, 15) is 24.0 Å². The molecule has 4 heterocycles. The van der Waals surface area contributed by atoms with Crippen molar-refractivity contribution in [1.82, 2.24) is 10.6 Å². The Morgan fingerprint density at radius 2 is 1.18 bits per heavy atom. The summed E-state index contributed by atoms with van der Waals surface area (Å²) in [6, 6.07) is 14.1. The molecule has 44 heavy (non-hydrogen) atoms. The molecule has 6 rings (SSSR count). The van der Waals surface area contributed by atoms with Gasteiger partial charge >= 0.3 is 18.2 Å². The van der Waals surface area contributed by atoms with Gasteiger partial charge in [-0.25, -0.2) is 14.4 Å². The Balaban J connectivity index is 0.000000181. The Kier molecular flexibility index (Phi) is 9.76. The van der Waals surface area contributed by atoms with Crippen LogP contribution in [0.3, 0.4) is 0 Å². The second-order valence-electron chi connectivity index (χ2n) is 10.1. The molecule has 0 spiro atoms. The number of cyclic esters (lactones) is 2. The number of hydrogen-bond acceptors (Lipinski definition) is 9. The Morgan fingerprint density at radius 3 is 1.64 bits per heavy atom. The van der Waals surface area contributed by atoms with Crippen LogP contribution >= 0.6 is 0 Å². The van der Waals surface area contributed by atoms with E-state index in [1.165, 1.54) is 11.9 Å². The minimum absolute atomic E-state index is 0.0421. The molecule has 6 amide bonds. The van der Waals surface area contributed by atoms with Gasteiger partial charge in [0.05, 0.1) is 32.8 Å². The molecule has 2 aromatic rings. The molecule has 2 N–H and O–H groups in total. The van der Waals surface area contributed by atoms with Crippen molar-refractivity contribution < 1.29 is 42.9 Å². The van der Waals surface area contributed by atoms with E-state index in [1.54, 1.807) is 39.0 Å². The summed E-state index contributed by atoms with van der Waals surface area (Å²) < 4.78 is 20.3. The minimum Gasteiger partial charge on any atom is -0.447 e. The first-order valence-electron chi connectivity index (χ1n) is 14.2. The molecule has 0 saturated carbocycles. The molecule has 1 atom stereocenters. The second-order valence-corrected chi connectivity index (χ2v) is 10.1. The number of nitrogens with zero attached hydrogens (tertiary/aromatic N) is 4. The minimum atomic E-state index is -0.459. The summed E-state index contributed by atoms with van der Waals surface area (Å²) in [6.07, 6.45) is -1.19. The van der Waals surface area contributed by atoms with Crippen LogP contribution in [-0.2, 0) is 28.5 Å². The van der Waals surface area contributed by atoms with Crippen LogP contribution in [0.2, 0.25) is 0 Å². The summed E-state index contributed by atoms with van der Waals surface area (Å²) in [4.78, 5) is 64.7. The number of carbonyl (C=O) groups excluding carboxylic acids is 5. The second kappa shape index (κ2) is 14.1. The third-order valence-corrected chi connectivity index (χ3v) is 7.27. The molecule has 2 aromatic carbocycles. The predicted molar refractivity (Wildman–Crippen MR) is 158 cm³/mol. The number of ether oxygens (including phenoxy) is 4. The third-order valence-electron chi connectivity index (χ3n) is 7.27. The number of carbonyl (C=O) groups is 5. The van der Waals surface area contributed by atoms with Crippen LogP contribution in [0, 0.1) is 0 Å². The molecule has 0 bridgehead atoms. The lowest BCUT2D eigenvalue weighted by atomic mass is 10.2. The topological polar surface area (TPSA) is 159 Å². The average Bonchev–Trinajstić information content (AvgIpc) is 3.65. The van der Waals surface area contributed by atoms with Gasteiger partial charge in [0.25, 0.3) is 11.8 Å². The van der Waals surface area contributed by atoms with Crippen LogP contribution in [0.5, 0.6) is 0 Å². The zero-order chi connectivity index (χ0) is 31.1. The van der Waals surface area contributed by atoms with E-state index in [2.05, 4.69) is 10.6 Å². The van der Waals surface area contributed by atoms with Gasteiger partial charge in [-0.2, -0.15) is 0 Å². The van der Waals surface area contributed by atoms with Crippen molar-refractivity contribution in [1.29, 1.82) is 0 Å². The number of nitrogens with one attached hydrogen (secondary N) is 2. The molecule has 0 aliphatic carbocycles. The average molecular weight is 611 g/mol. The number of amides is 6.